The lowest BCUT2D eigenvalue weighted by molar-refractivity contribution is -0.192. The van der Waals surface area contributed by atoms with Gasteiger partial charge in [0.2, 0.25) is 5.91 Å². The van der Waals surface area contributed by atoms with Gasteiger partial charge >= 0.3 is 18.1 Å². The van der Waals surface area contributed by atoms with Gasteiger partial charge in [-0.15, -0.1) is 0 Å². The Kier molecular flexibility index (Phi) is 9.42. The van der Waals surface area contributed by atoms with E-state index in [1.54, 1.807) is 6.92 Å². The van der Waals surface area contributed by atoms with Gasteiger partial charge in [-0.1, -0.05) is 13.8 Å². The Morgan fingerprint density at radius 2 is 1.50 bits per heavy atom. The molecule has 22 heavy (non-hydrogen) atoms. The van der Waals surface area contributed by atoms with E-state index < -0.39 is 30.2 Å². The van der Waals surface area contributed by atoms with Crippen LogP contribution in [-0.4, -0.2) is 58.3 Å². The number of carboxylic acids is 2. The summed E-state index contributed by atoms with van der Waals surface area (Å²) in [4.78, 5) is 32.6. The van der Waals surface area contributed by atoms with Gasteiger partial charge in [0.1, 0.15) is 6.04 Å². The molecule has 0 aliphatic rings. The van der Waals surface area contributed by atoms with Crippen LogP contribution in [-0.2, 0) is 14.4 Å². The molecule has 0 aromatic carbocycles. The summed E-state index contributed by atoms with van der Waals surface area (Å²) in [6.07, 6.45) is -4.65. The Morgan fingerprint density at radius 3 is 1.68 bits per heavy atom. The van der Waals surface area contributed by atoms with Gasteiger partial charge in [-0.25, -0.2) is 9.59 Å². The van der Waals surface area contributed by atoms with Crippen LogP contribution in [0.5, 0.6) is 0 Å². The van der Waals surface area contributed by atoms with E-state index in [0.29, 0.717) is 6.42 Å². The number of halogens is 3. The van der Waals surface area contributed by atoms with E-state index in [4.69, 9.17) is 20.7 Å². The van der Waals surface area contributed by atoms with Crippen molar-refractivity contribution in [2.24, 2.45) is 11.7 Å². The molecule has 2 atom stereocenters. The predicted octanol–water partition coefficient (Wildman–Crippen LogP) is 0.925. The minimum Gasteiger partial charge on any atom is -0.480 e. The van der Waals surface area contributed by atoms with Crippen LogP contribution in [0.15, 0.2) is 0 Å². The minimum absolute atomic E-state index is 0.217. The first-order chi connectivity index (χ1) is 9.71. The first kappa shape index (κ1) is 22.4. The summed E-state index contributed by atoms with van der Waals surface area (Å²) in [6, 6.07) is -1.45. The molecule has 0 aromatic heterocycles. The molecule has 7 nitrogen and oxygen atoms in total. The number of nitrogens with zero attached hydrogens (tertiary/aromatic N) is 1. The van der Waals surface area contributed by atoms with Crippen LogP contribution in [0.25, 0.3) is 0 Å². The summed E-state index contributed by atoms with van der Waals surface area (Å²) in [7, 11) is 1.48. The summed E-state index contributed by atoms with van der Waals surface area (Å²) in [6.45, 7) is 5.38. The Hall–Kier alpha value is -1.84. The van der Waals surface area contributed by atoms with Crippen LogP contribution in [0.4, 0.5) is 13.2 Å². The molecule has 4 N–H and O–H groups in total. The van der Waals surface area contributed by atoms with E-state index in [-0.39, 0.29) is 11.8 Å². The summed E-state index contributed by atoms with van der Waals surface area (Å²) in [5.74, 6) is -3.87. The van der Waals surface area contributed by atoms with E-state index in [1.807, 2.05) is 13.8 Å². The monoisotopic (exact) mass is 330 g/mol. The molecule has 0 aliphatic heterocycles. The third-order valence-electron chi connectivity index (χ3n) is 2.43. The average Bonchev–Trinajstić information content (AvgIpc) is 2.33. The molecular weight excluding hydrogens is 309 g/mol. The maximum absolute atomic E-state index is 11.5. The molecule has 0 rings (SSSR count). The number of hydrogen-bond acceptors (Lipinski definition) is 4. The summed E-state index contributed by atoms with van der Waals surface area (Å²) < 4.78 is 31.7. The van der Waals surface area contributed by atoms with E-state index in [9.17, 15) is 22.8 Å². The number of carbonyl (C=O) groups excluding carboxylic acids is 1. The lowest BCUT2D eigenvalue weighted by Gasteiger charge is -2.27. The van der Waals surface area contributed by atoms with Gasteiger partial charge in [-0.3, -0.25) is 4.79 Å². The average molecular weight is 330 g/mol. The number of alkyl halides is 3. The number of likely N-dealkylation sites (N-methyl/N-ethyl adjacent to an activating group) is 1. The first-order valence-electron chi connectivity index (χ1n) is 6.26. The molecule has 0 aliphatic carbocycles. The predicted molar refractivity (Wildman–Crippen MR) is 71.0 cm³/mol. The second-order valence-electron chi connectivity index (χ2n) is 5.02. The highest BCUT2D eigenvalue weighted by Crippen LogP contribution is 2.13. The molecule has 130 valence electrons. The van der Waals surface area contributed by atoms with Crippen LogP contribution in [0.2, 0.25) is 0 Å². The van der Waals surface area contributed by atoms with Crippen LogP contribution in [0.1, 0.15) is 27.2 Å². The second kappa shape index (κ2) is 9.23. The van der Waals surface area contributed by atoms with Crippen molar-refractivity contribution in [1.29, 1.82) is 0 Å². The van der Waals surface area contributed by atoms with Gasteiger partial charge in [0.05, 0.1) is 6.04 Å². The Bertz CT molecular complexity index is 397. The first-order valence-corrected chi connectivity index (χ1v) is 6.26. The maximum Gasteiger partial charge on any atom is 0.490 e. The van der Waals surface area contributed by atoms with Crippen molar-refractivity contribution in [2.75, 3.05) is 7.05 Å². The quantitative estimate of drug-likeness (QED) is 0.689. The SMILES string of the molecule is CC(C)CC(C(=O)O)N(C)C(=O)C(C)N.O=C(O)C(F)(F)F. The van der Waals surface area contributed by atoms with Crippen LogP contribution < -0.4 is 5.73 Å². The van der Waals surface area contributed by atoms with Crippen molar-refractivity contribution in [2.45, 2.75) is 45.5 Å². The number of nitrogens with two attached hydrogens (primary N) is 1. The molecule has 0 radical (unpaired) electrons. The Labute approximate surface area is 125 Å². The fourth-order valence-electron chi connectivity index (χ4n) is 1.35. The highest BCUT2D eigenvalue weighted by Gasteiger charge is 2.38. The molecule has 0 spiro atoms. The standard InChI is InChI=1S/C10H20N2O3.C2HF3O2/c1-6(2)5-8(10(14)15)12(4)9(13)7(3)11;3-2(4,5)1(6)7/h6-8H,5,11H2,1-4H3,(H,14,15);(H,6,7). The Balaban J connectivity index is 0. The smallest absolute Gasteiger partial charge is 0.480 e. The highest BCUT2D eigenvalue weighted by molar-refractivity contribution is 5.86. The normalized spacial score (nSPS) is 13.7. The maximum atomic E-state index is 11.5. The largest absolute Gasteiger partial charge is 0.490 e. The van der Waals surface area contributed by atoms with Crippen molar-refractivity contribution in [3.05, 3.63) is 0 Å². The Morgan fingerprint density at radius 1 is 1.14 bits per heavy atom. The van der Waals surface area contributed by atoms with Crippen molar-refractivity contribution in [3.8, 4) is 0 Å². The third-order valence-corrected chi connectivity index (χ3v) is 2.43. The van der Waals surface area contributed by atoms with Crippen LogP contribution >= 0.6 is 0 Å². The van der Waals surface area contributed by atoms with Gasteiger partial charge in [-0.05, 0) is 19.3 Å². The van der Waals surface area contributed by atoms with Crippen molar-refractivity contribution in [1.82, 2.24) is 4.90 Å². The molecule has 0 saturated heterocycles. The zero-order valence-corrected chi connectivity index (χ0v) is 12.7. The number of hydrogen-bond donors (Lipinski definition) is 3. The minimum atomic E-state index is -5.08. The molecule has 10 heteroatoms. The van der Waals surface area contributed by atoms with Crippen LogP contribution in [0, 0.1) is 5.92 Å². The van der Waals surface area contributed by atoms with Gasteiger partial charge in [0.15, 0.2) is 0 Å². The second-order valence-corrected chi connectivity index (χ2v) is 5.02. The van der Waals surface area contributed by atoms with E-state index >= 15 is 0 Å². The molecular formula is C12H21F3N2O5. The molecule has 2 unspecified atom stereocenters. The van der Waals surface area contributed by atoms with Crippen LogP contribution in [0.3, 0.4) is 0 Å². The topological polar surface area (TPSA) is 121 Å². The van der Waals surface area contributed by atoms with E-state index in [1.165, 1.54) is 11.9 Å². The fourth-order valence-corrected chi connectivity index (χ4v) is 1.35. The van der Waals surface area contributed by atoms with Crippen molar-refractivity contribution in [3.63, 3.8) is 0 Å². The molecule has 1 amide bonds. The summed E-state index contributed by atoms with van der Waals surface area (Å²) >= 11 is 0. The molecule has 0 heterocycles. The number of rotatable bonds is 5. The number of carbonyl (C=O) groups is 3. The van der Waals surface area contributed by atoms with Gasteiger partial charge in [-0.2, -0.15) is 13.2 Å². The third kappa shape index (κ3) is 9.16. The number of amides is 1. The van der Waals surface area contributed by atoms with Gasteiger partial charge in [0.25, 0.3) is 0 Å². The molecule has 0 aromatic rings. The number of carboxylic acid groups (broad SMARTS) is 2. The van der Waals surface area contributed by atoms with E-state index in [0.717, 1.165) is 0 Å². The lowest BCUT2D eigenvalue weighted by Crippen LogP contribution is -2.48. The molecule has 0 saturated carbocycles. The number of aliphatic carboxylic acids is 2. The van der Waals surface area contributed by atoms with Gasteiger partial charge < -0.3 is 20.8 Å². The molecule has 0 bridgehead atoms. The summed E-state index contributed by atoms with van der Waals surface area (Å²) in [5.41, 5.74) is 5.42. The van der Waals surface area contributed by atoms with E-state index in [2.05, 4.69) is 0 Å². The summed E-state index contributed by atoms with van der Waals surface area (Å²) in [5, 5.41) is 16.1. The molecule has 0 fully saturated rings. The fraction of sp³-hybridized carbons (Fsp3) is 0.750. The zero-order valence-electron chi connectivity index (χ0n) is 12.7. The van der Waals surface area contributed by atoms with Crippen molar-refractivity contribution < 1.29 is 37.8 Å². The van der Waals surface area contributed by atoms with Gasteiger partial charge in [0, 0.05) is 7.05 Å². The van der Waals surface area contributed by atoms with Crippen molar-refractivity contribution >= 4 is 17.8 Å². The highest BCUT2D eigenvalue weighted by atomic mass is 19.4. The zero-order chi connectivity index (χ0) is 18.2. The lowest BCUT2D eigenvalue weighted by atomic mass is 10.0.